The van der Waals surface area contributed by atoms with Gasteiger partial charge in [0, 0.05) is 81.9 Å². The molecule has 11 rings (SSSR count). The summed E-state index contributed by atoms with van der Waals surface area (Å²) < 4.78 is 15.4. The van der Waals surface area contributed by atoms with Crippen molar-refractivity contribution in [2.45, 2.75) is 164 Å². The van der Waals surface area contributed by atoms with Crippen molar-refractivity contribution in [3.8, 4) is 0 Å². The summed E-state index contributed by atoms with van der Waals surface area (Å²) in [5.41, 5.74) is 2.00. The van der Waals surface area contributed by atoms with Crippen LogP contribution in [0.3, 0.4) is 0 Å². The maximum Gasteiger partial charge on any atom is 0.252 e. The van der Waals surface area contributed by atoms with E-state index in [1.807, 2.05) is 6.92 Å². The summed E-state index contributed by atoms with van der Waals surface area (Å²) in [6.07, 6.45) is 3.95. The number of imidazole rings is 2. The highest BCUT2D eigenvalue weighted by Crippen LogP contribution is 2.38. The van der Waals surface area contributed by atoms with Crippen LogP contribution in [0.25, 0.3) is 22.3 Å². The van der Waals surface area contributed by atoms with Crippen LogP contribution < -0.4 is 41.7 Å². The van der Waals surface area contributed by atoms with E-state index in [1.54, 1.807) is 22.4 Å². The van der Waals surface area contributed by atoms with E-state index >= 15 is 0 Å². The first kappa shape index (κ1) is 55.8. The molecule has 5 aromatic rings. The minimum atomic E-state index is -1.44. The molecule has 0 aromatic carbocycles. The monoisotopic (exact) mass is 1130 g/mol. The van der Waals surface area contributed by atoms with Gasteiger partial charge in [0.2, 0.25) is 35.0 Å². The molecule has 0 radical (unpaired) electrons. The molecule has 9 atom stereocenters. The fourth-order valence-electron chi connectivity index (χ4n) is 12.1. The van der Waals surface area contributed by atoms with Crippen molar-refractivity contribution in [3.63, 3.8) is 0 Å². The van der Waals surface area contributed by atoms with Crippen molar-refractivity contribution in [1.29, 1.82) is 0 Å². The normalized spacial score (nSPS) is 30.0. The van der Waals surface area contributed by atoms with E-state index in [0.717, 1.165) is 90.4 Å². The standard InChI is InChI=1S/C51H76ClN21O7/c1-7-53-43(77)33-21-32(74)45(79-33)72-24-55-34-39(61-50(63-41(34)72)70-19-17-30(22-70)68(3)4)57-26-9-13-28(14-10-26)59-48-65-47(52)66-49(67-48)60-29-15-11-27(12-16-29)58-40-35-42(64-51(62-40)71-20-18-31(23-71)69(5)6)73(25-56-35)46-37(76)36(75)38(80-46)44(78)54-8-2/h24-33,36-38,45-46,74-76H,7-23H2,1-6H3,(H,53,77)(H,54,78)(H,57,61,63)(H,58,62,64)(H2,59,60,65,66,67)/t26?,27?,28?,29?,30-,31-,32-,33+,36+,37-,38+,45-,46-/m1/s1. The van der Waals surface area contributed by atoms with Crippen LogP contribution in [0.1, 0.15) is 96.9 Å². The number of aromatic nitrogens is 11. The Kier molecular flexibility index (Phi) is 16.6. The molecule has 0 spiro atoms. The molecule has 5 aromatic heterocycles. The average molecular weight is 1130 g/mol. The Bertz CT molecular complexity index is 2990. The number of fused-ring (bicyclic) bond motifs is 2. The first-order valence-corrected chi connectivity index (χ1v) is 28.7. The SMILES string of the molecule is CCNC(=O)[C@@H]1C[C@@H](O)[C@H](n2cnc3c(NC4CCC(Nc5nc(Cl)nc(NC6CCC(Nc7nc(N8CC[C@@H](N(C)C)C8)nc8c7ncn8[C@@H]7O[C@H](C(=O)NCC)[C@@H](O)[C@H]7O)CC6)n5)CC4)nc(N4CC[C@@H](N(C)C)C4)nc32)O1. The van der Waals surface area contributed by atoms with Gasteiger partial charge in [-0.05, 0) is 118 Å². The number of hydrogen-bond donors (Lipinski definition) is 9. The Hall–Kier alpha value is -6.14. The van der Waals surface area contributed by atoms with E-state index in [2.05, 4.69) is 89.7 Å². The lowest BCUT2D eigenvalue weighted by molar-refractivity contribution is -0.137. The summed E-state index contributed by atoms with van der Waals surface area (Å²) in [5.74, 6) is 2.30. The van der Waals surface area contributed by atoms with E-state index in [1.165, 1.54) is 6.33 Å². The topological polar surface area (TPSA) is 324 Å². The fourth-order valence-corrected chi connectivity index (χ4v) is 12.3. The fraction of sp³-hybridized carbons (Fsp3) is 0.706. The highest BCUT2D eigenvalue weighted by atomic mass is 35.5. The lowest BCUT2D eigenvalue weighted by atomic mass is 9.91. The number of likely N-dealkylation sites (N-methyl/N-ethyl adjacent to an activating group) is 4. The Labute approximate surface area is 468 Å². The molecular formula is C51H76ClN21O7. The molecule has 2 amide bonds. The van der Waals surface area contributed by atoms with Gasteiger partial charge < -0.3 is 76.3 Å². The molecule has 4 saturated heterocycles. The van der Waals surface area contributed by atoms with Gasteiger partial charge >= 0.3 is 0 Å². The number of carbonyl (C=O) groups is 2. The summed E-state index contributed by atoms with van der Waals surface area (Å²) in [4.78, 5) is 77.5. The van der Waals surface area contributed by atoms with Gasteiger partial charge in [-0.3, -0.25) is 18.7 Å². The minimum Gasteiger partial charge on any atom is -0.388 e. The number of ether oxygens (including phenoxy) is 2. The molecule has 6 aliphatic rings. The maximum absolute atomic E-state index is 12.8. The summed E-state index contributed by atoms with van der Waals surface area (Å²) in [6.45, 7) is 7.49. The van der Waals surface area contributed by atoms with Crippen molar-refractivity contribution in [2.75, 3.05) is 98.5 Å². The highest BCUT2D eigenvalue weighted by molar-refractivity contribution is 6.28. The van der Waals surface area contributed by atoms with Crippen LogP contribution in [0.4, 0.5) is 35.4 Å². The van der Waals surface area contributed by atoms with Gasteiger partial charge in [0.15, 0.2) is 52.5 Å². The first-order chi connectivity index (χ1) is 38.6. The van der Waals surface area contributed by atoms with Crippen molar-refractivity contribution < 1.29 is 34.4 Å². The third-order valence-electron chi connectivity index (χ3n) is 16.7. The molecule has 80 heavy (non-hydrogen) atoms. The molecule has 28 nitrogen and oxygen atoms in total. The molecule has 0 bridgehead atoms. The number of nitrogens with zero attached hydrogens (tertiary/aromatic N) is 15. The van der Waals surface area contributed by atoms with Crippen molar-refractivity contribution >= 4 is 81.2 Å². The molecule has 434 valence electrons. The Morgan fingerprint density at radius 3 is 1.52 bits per heavy atom. The predicted molar refractivity (Wildman–Crippen MR) is 298 cm³/mol. The number of aliphatic hydroxyl groups is 3. The molecule has 9 N–H and O–H groups in total. The number of halogens is 1. The second kappa shape index (κ2) is 23.8. The molecule has 6 fully saturated rings. The molecular weight excluding hydrogens is 1050 g/mol. The smallest absolute Gasteiger partial charge is 0.252 e. The number of anilines is 6. The molecule has 0 unspecified atom stereocenters. The largest absolute Gasteiger partial charge is 0.388 e. The second-order valence-corrected chi connectivity index (χ2v) is 22.9. The third-order valence-corrected chi connectivity index (χ3v) is 16.9. The highest BCUT2D eigenvalue weighted by Gasteiger charge is 2.48. The molecule has 2 aliphatic carbocycles. The Morgan fingerprint density at radius 2 is 1.06 bits per heavy atom. The molecule has 29 heteroatoms. The van der Waals surface area contributed by atoms with E-state index in [-0.39, 0.29) is 41.8 Å². The predicted octanol–water partition coefficient (Wildman–Crippen LogP) is 1.30. The van der Waals surface area contributed by atoms with Gasteiger partial charge in [0.1, 0.15) is 24.4 Å². The Morgan fingerprint density at radius 1 is 0.600 bits per heavy atom. The number of amides is 2. The zero-order valence-electron chi connectivity index (χ0n) is 46.2. The van der Waals surface area contributed by atoms with Crippen LogP contribution in [0, 0.1) is 0 Å². The van der Waals surface area contributed by atoms with Crippen LogP contribution in [0.15, 0.2) is 12.7 Å². The van der Waals surface area contributed by atoms with Gasteiger partial charge in [-0.2, -0.15) is 34.9 Å². The van der Waals surface area contributed by atoms with Crippen LogP contribution in [0.2, 0.25) is 5.28 Å². The number of rotatable bonds is 18. The van der Waals surface area contributed by atoms with Crippen LogP contribution in [-0.2, 0) is 19.1 Å². The maximum atomic E-state index is 12.8. The second-order valence-electron chi connectivity index (χ2n) is 22.6. The minimum absolute atomic E-state index is 0.0498. The van der Waals surface area contributed by atoms with E-state index in [0.29, 0.717) is 82.9 Å². The number of hydrogen-bond acceptors (Lipinski definition) is 24. The summed E-state index contributed by atoms with van der Waals surface area (Å²) in [5, 5.41) is 53.2. The van der Waals surface area contributed by atoms with Crippen molar-refractivity contribution in [3.05, 3.63) is 17.9 Å². The number of aliphatic hydroxyl groups excluding tert-OH is 3. The van der Waals surface area contributed by atoms with Crippen molar-refractivity contribution in [1.82, 2.24) is 74.4 Å². The molecule has 4 aliphatic heterocycles. The zero-order chi connectivity index (χ0) is 55.9. The van der Waals surface area contributed by atoms with Crippen LogP contribution in [-0.4, -0.2) is 225 Å². The first-order valence-electron chi connectivity index (χ1n) is 28.3. The summed E-state index contributed by atoms with van der Waals surface area (Å²) >= 11 is 6.55. The average Bonchev–Trinajstić information content (AvgIpc) is 4.39. The summed E-state index contributed by atoms with van der Waals surface area (Å²) in [6, 6.07) is 0.964. The quantitative estimate of drug-likeness (QED) is 0.0597. The molecule has 2 saturated carbocycles. The number of carbonyl (C=O) groups excluding carboxylic acids is 2. The third kappa shape index (κ3) is 11.7. The van der Waals surface area contributed by atoms with Crippen molar-refractivity contribution in [2.24, 2.45) is 0 Å². The van der Waals surface area contributed by atoms with Crippen LogP contribution >= 0.6 is 11.6 Å². The van der Waals surface area contributed by atoms with Crippen LogP contribution in [0.5, 0.6) is 0 Å². The zero-order valence-corrected chi connectivity index (χ0v) is 47.0. The lowest BCUT2D eigenvalue weighted by Gasteiger charge is -2.31. The molecule has 9 heterocycles. The Balaban J connectivity index is 0.721. The van der Waals surface area contributed by atoms with Gasteiger partial charge in [-0.1, -0.05) is 0 Å². The number of nitrogens with one attached hydrogen (secondary N) is 6. The van der Waals surface area contributed by atoms with Gasteiger partial charge in [-0.25, -0.2) is 9.97 Å². The van der Waals surface area contributed by atoms with Gasteiger partial charge in [-0.15, -0.1) is 0 Å². The van der Waals surface area contributed by atoms with Gasteiger partial charge in [0.25, 0.3) is 5.91 Å². The van der Waals surface area contributed by atoms with E-state index in [9.17, 15) is 24.9 Å². The van der Waals surface area contributed by atoms with E-state index < -0.39 is 48.9 Å². The van der Waals surface area contributed by atoms with E-state index in [4.69, 9.17) is 56.0 Å². The lowest BCUT2D eigenvalue weighted by Crippen LogP contribution is -2.42. The van der Waals surface area contributed by atoms with Gasteiger partial charge in [0.05, 0.1) is 12.7 Å². The summed E-state index contributed by atoms with van der Waals surface area (Å²) in [7, 11) is 8.30.